The first-order valence-electron chi connectivity index (χ1n) is 5.05. The van der Waals surface area contributed by atoms with Gasteiger partial charge in [-0.25, -0.2) is 9.37 Å². The number of nitrogens with zero attached hydrogens (tertiary/aromatic N) is 1. The number of aromatic nitrogens is 2. The van der Waals surface area contributed by atoms with Gasteiger partial charge in [-0.3, -0.25) is 0 Å². The summed E-state index contributed by atoms with van der Waals surface area (Å²) in [5.74, 6) is 0.315. The van der Waals surface area contributed by atoms with Crippen LogP contribution < -0.4 is 4.74 Å². The van der Waals surface area contributed by atoms with E-state index in [4.69, 9.17) is 17.0 Å². The zero-order valence-electron chi connectivity index (χ0n) is 9.24. The molecule has 0 aliphatic heterocycles. The molecule has 0 aliphatic rings. The molecule has 5 heteroatoms. The van der Waals surface area contributed by atoms with E-state index in [1.165, 1.54) is 6.33 Å². The van der Waals surface area contributed by atoms with E-state index in [1.54, 1.807) is 7.11 Å². The fourth-order valence-electron chi connectivity index (χ4n) is 1.49. The zero-order chi connectivity index (χ0) is 12.3. The van der Waals surface area contributed by atoms with Gasteiger partial charge in [0.25, 0.3) is 0 Å². The molecule has 1 heterocycles. The number of halogens is 1. The lowest BCUT2D eigenvalue weighted by atomic mass is 10.1. The van der Waals surface area contributed by atoms with E-state index >= 15 is 0 Å². The van der Waals surface area contributed by atoms with E-state index in [-0.39, 0.29) is 4.64 Å². The Balaban J connectivity index is 2.25. The maximum atomic E-state index is 13.6. The number of methoxy groups -OCH3 is 1. The van der Waals surface area contributed by atoms with E-state index in [1.807, 2.05) is 24.3 Å². The first kappa shape index (κ1) is 11.7. The van der Waals surface area contributed by atoms with E-state index in [2.05, 4.69) is 9.97 Å². The monoisotopic (exact) mass is 250 g/mol. The fourth-order valence-corrected chi connectivity index (χ4v) is 1.67. The highest BCUT2D eigenvalue weighted by Gasteiger charge is 2.05. The molecule has 0 saturated carbocycles. The molecule has 2 aromatic rings. The molecule has 0 amide bonds. The van der Waals surface area contributed by atoms with Gasteiger partial charge in [0.15, 0.2) is 10.5 Å². The normalized spacial score (nSPS) is 10.2. The van der Waals surface area contributed by atoms with Crippen molar-refractivity contribution in [2.24, 2.45) is 0 Å². The van der Waals surface area contributed by atoms with Crippen LogP contribution in [0.25, 0.3) is 0 Å². The molecular weight excluding hydrogens is 239 g/mol. The molecule has 1 N–H and O–H groups in total. The third-order valence-corrected chi connectivity index (χ3v) is 2.70. The molecule has 1 aromatic carbocycles. The van der Waals surface area contributed by atoms with E-state index in [0.717, 1.165) is 11.3 Å². The SMILES string of the molecule is COc1ccc(Cc2[nH]cnc(=S)c2F)cc1. The molecule has 0 fully saturated rings. The largest absolute Gasteiger partial charge is 0.497 e. The predicted octanol–water partition coefficient (Wildman–Crippen LogP) is 2.88. The smallest absolute Gasteiger partial charge is 0.179 e. The fraction of sp³-hybridized carbons (Fsp3) is 0.167. The van der Waals surface area contributed by atoms with Gasteiger partial charge in [0.1, 0.15) is 5.75 Å². The Morgan fingerprint density at radius 1 is 1.35 bits per heavy atom. The summed E-state index contributed by atoms with van der Waals surface area (Å²) in [6.07, 6.45) is 1.85. The van der Waals surface area contributed by atoms with Gasteiger partial charge in [-0.05, 0) is 17.7 Å². The predicted molar refractivity (Wildman–Crippen MR) is 65.2 cm³/mol. The molecule has 0 radical (unpaired) electrons. The molecule has 88 valence electrons. The van der Waals surface area contributed by atoms with Crippen molar-refractivity contribution in [2.75, 3.05) is 7.11 Å². The molecule has 0 saturated heterocycles. The Morgan fingerprint density at radius 3 is 2.71 bits per heavy atom. The molecule has 1 aromatic heterocycles. The van der Waals surface area contributed by atoms with Gasteiger partial charge in [-0.15, -0.1) is 0 Å². The number of ether oxygens (including phenoxy) is 1. The van der Waals surface area contributed by atoms with Crippen LogP contribution in [0.1, 0.15) is 11.3 Å². The number of rotatable bonds is 3. The molecule has 2 rings (SSSR count). The van der Waals surface area contributed by atoms with Crippen molar-refractivity contribution in [2.45, 2.75) is 6.42 Å². The lowest BCUT2D eigenvalue weighted by Crippen LogP contribution is -1.98. The van der Waals surface area contributed by atoms with Crippen LogP contribution in [-0.4, -0.2) is 17.1 Å². The Bertz CT molecular complexity index is 565. The summed E-state index contributed by atoms with van der Waals surface area (Å²) < 4.78 is 18.7. The van der Waals surface area contributed by atoms with Gasteiger partial charge in [0.05, 0.1) is 19.1 Å². The van der Waals surface area contributed by atoms with Gasteiger partial charge in [-0.2, -0.15) is 0 Å². The number of nitrogens with one attached hydrogen (secondary N) is 1. The summed E-state index contributed by atoms with van der Waals surface area (Å²) in [6, 6.07) is 7.44. The van der Waals surface area contributed by atoms with Gasteiger partial charge in [0, 0.05) is 6.42 Å². The van der Waals surface area contributed by atoms with Crippen molar-refractivity contribution < 1.29 is 9.13 Å². The Morgan fingerprint density at radius 2 is 2.06 bits per heavy atom. The van der Waals surface area contributed by atoms with Crippen LogP contribution in [0.15, 0.2) is 30.6 Å². The Kier molecular flexibility index (Phi) is 3.49. The summed E-state index contributed by atoms with van der Waals surface area (Å²) in [6.45, 7) is 0. The van der Waals surface area contributed by atoms with Crippen molar-refractivity contribution in [1.82, 2.24) is 9.97 Å². The Hall–Kier alpha value is -1.75. The summed E-state index contributed by atoms with van der Waals surface area (Å²) in [5, 5.41) is 0. The van der Waals surface area contributed by atoms with Crippen molar-refractivity contribution in [3.63, 3.8) is 0 Å². The number of benzene rings is 1. The van der Waals surface area contributed by atoms with E-state index < -0.39 is 5.82 Å². The lowest BCUT2D eigenvalue weighted by molar-refractivity contribution is 0.414. The van der Waals surface area contributed by atoms with Crippen LogP contribution in [0, 0.1) is 10.5 Å². The minimum absolute atomic E-state index is 0.00717. The number of H-pyrrole nitrogens is 1. The van der Waals surface area contributed by atoms with Crippen molar-refractivity contribution in [3.05, 3.63) is 52.3 Å². The summed E-state index contributed by atoms with van der Waals surface area (Å²) in [5.41, 5.74) is 1.41. The Labute approximate surface area is 103 Å². The summed E-state index contributed by atoms with van der Waals surface area (Å²) >= 11 is 4.77. The van der Waals surface area contributed by atoms with Crippen LogP contribution in [0.5, 0.6) is 5.75 Å². The molecule has 0 spiro atoms. The number of hydrogen-bond donors (Lipinski definition) is 1. The van der Waals surface area contributed by atoms with Gasteiger partial charge in [0.2, 0.25) is 0 Å². The second kappa shape index (κ2) is 5.05. The minimum atomic E-state index is -0.460. The van der Waals surface area contributed by atoms with Gasteiger partial charge >= 0.3 is 0 Å². The van der Waals surface area contributed by atoms with Crippen molar-refractivity contribution in [1.29, 1.82) is 0 Å². The minimum Gasteiger partial charge on any atom is -0.497 e. The third kappa shape index (κ3) is 2.68. The average Bonchev–Trinajstić information content (AvgIpc) is 2.36. The second-order valence-electron chi connectivity index (χ2n) is 3.53. The number of aromatic amines is 1. The highest BCUT2D eigenvalue weighted by molar-refractivity contribution is 7.71. The van der Waals surface area contributed by atoms with Crippen molar-refractivity contribution in [3.8, 4) is 5.75 Å². The zero-order valence-corrected chi connectivity index (χ0v) is 10.1. The van der Waals surface area contributed by atoms with Crippen LogP contribution in [0.3, 0.4) is 0 Å². The van der Waals surface area contributed by atoms with Crippen LogP contribution >= 0.6 is 12.2 Å². The second-order valence-corrected chi connectivity index (χ2v) is 3.91. The molecule has 17 heavy (non-hydrogen) atoms. The maximum Gasteiger partial charge on any atom is 0.179 e. The van der Waals surface area contributed by atoms with Crippen LogP contribution in [-0.2, 0) is 6.42 Å². The van der Waals surface area contributed by atoms with E-state index in [0.29, 0.717) is 12.1 Å². The first-order chi connectivity index (χ1) is 8.20. The quantitative estimate of drug-likeness (QED) is 0.851. The molecule has 0 bridgehead atoms. The van der Waals surface area contributed by atoms with Gasteiger partial charge in [-0.1, -0.05) is 24.4 Å². The summed E-state index contributed by atoms with van der Waals surface area (Å²) in [7, 11) is 1.61. The van der Waals surface area contributed by atoms with Crippen LogP contribution in [0.2, 0.25) is 0 Å². The number of hydrogen-bond acceptors (Lipinski definition) is 3. The molecular formula is C12H11FN2OS. The maximum absolute atomic E-state index is 13.6. The van der Waals surface area contributed by atoms with E-state index in [9.17, 15) is 4.39 Å². The molecule has 0 aliphatic carbocycles. The summed E-state index contributed by atoms with van der Waals surface area (Å²) in [4.78, 5) is 6.44. The van der Waals surface area contributed by atoms with Crippen molar-refractivity contribution >= 4 is 12.2 Å². The average molecular weight is 250 g/mol. The topological polar surface area (TPSA) is 37.9 Å². The molecule has 0 unspecified atom stereocenters. The standard InChI is InChI=1S/C12H11FN2OS/c1-16-9-4-2-8(3-5-9)6-10-11(13)12(17)15-7-14-10/h2-5,7H,6H2,1H3,(H,14,15,17). The molecule has 3 nitrogen and oxygen atoms in total. The molecule has 0 atom stereocenters. The first-order valence-corrected chi connectivity index (χ1v) is 5.46. The highest BCUT2D eigenvalue weighted by Crippen LogP contribution is 2.15. The third-order valence-electron chi connectivity index (χ3n) is 2.41. The van der Waals surface area contributed by atoms with Gasteiger partial charge < -0.3 is 9.72 Å². The highest BCUT2D eigenvalue weighted by atomic mass is 32.1. The van der Waals surface area contributed by atoms with Crippen LogP contribution in [0.4, 0.5) is 4.39 Å². The lowest BCUT2D eigenvalue weighted by Gasteiger charge is -2.04.